The maximum absolute atomic E-state index is 6.43. The molecule has 2 aromatic rings. The van der Waals surface area contributed by atoms with Crippen LogP contribution >= 0.6 is 11.6 Å². The van der Waals surface area contributed by atoms with Crippen LogP contribution in [-0.2, 0) is 25.8 Å². The molecule has 2 aliphatic heterocycles. The number of halogens is 1. The minimum absolute atomic E-state index is 0.933. The lowest BCUT2D eigenvalue weighted by molar-refractivity contribution is 0.680. The summed E-state index contributed by atoms with van der Waals surface area (Å²) in [4.78, 5) is 0. The van der Waals surface area contributed by atoms with Crippen LogP contribution in [-0.4, -0.2) is 17.7 Å². The smallest absolute Gasteiger partial charge is 0.0533 e. The first-order valence-corrected chi connectivity index (χ1v) is 6.76. The molecule has 0 fully saturated rings. The molecule has 0 atom stereocenters. The van der Waals surface area contributed by atoms with Gasteiger partial charge >= 0.3 is 0 Å². The van der Waals surface area contributed by atoms with Crippen LogP contribution in [0.25, 0.3) is 10.9 Å². The van der Waals surface area contributed by atoms with Crippen LogP contribution in [0.3, 0.4) is 0 Å². The maximum Gasteiger partial charge on any atom is 0.0533 e. The molecule has 0 unspecified atom stereocenters. The van der Waals surface area contributed by atoms with Crippen molar-refractivity contribution in [1.82, 2.24) is 9.88 Å². The predicted molar refractivity (Wildman–Crippen MR) is 70.9 cm³/mol. The van der Waals surface area contributed by atoms with Crippen molar-refractivity contribution in [3.8, 4) is 0 Å². The fourth-order valence-electron chi connectivity index (χ4n) is 3.43. The van der Waals surface area contributed by atoms with Crippen molar-refractivity contribution in [2.45, 2.75) is 25.8 Å². The van der Waals surface area contributed by atoms with E-state index in [1.165, 1.54) is 34.1 Å². The van der Waals surface area contributed by atoms with Crippen molar-refractivity contribution in [1.29, 1.82) is 0 Å². The van der Waals surface area contributed by atoms with E-state index in [0.29, 0.717) is 0 Å². The van der Waals surface area contributed by atoms with Crippen molar-refractivity contribution in [3.63, 3.8) is 0 Å². The summed E-state index contributed by atoms with van der Waals surface area (Å²) < 4.78 is 2.51. The molecule has 1 aromatic carbocycles. The zero-order valence-electron chi connectivity index (χ0n) is 9.72. The van der Waals surface area contributed by atoms with E-state index >= 15 is 0 Å². The molecular weight excluding hydrogens is 232 g/mol. The van der Waals surface area contributed by atoms with Gasteiger partial charge in [-0.2, -0.15) is 0 Å². The lowest BCUT2D eigenvalue weighted by Crippen LogP contribution is -2.17. The first-order chi connectivity index (χ1) is 8.36. The van der Waals surface area contributed by atoms with E-state index in [0.717, 1.165) is 37.5 Å². The Morgan fingerprint density at radius 3 is 2.94 bits per heavy atom. The number of benzene rings is 1. The quantitative estimate of drug-likeness (QED) is 0.756. The van der Waals surface area contributed by atoms with E-state index in [9.17, 15) is 0 Å². The van der Waals surface area contributed by atoms with Crippen molar-refractivity contribution < 1.29 is 0 Å². The Morgan fingerprint density at radius 1 is 1.12 bits per heavy atom. The summed E-state index contributed by atoms with van der Waals surface area (Å²) in [7, 11) is 0. The Kier molecular flexibility index (Phi) is 2.06. The topological polar surface area (TPSA) is 17.0 Å². The highest BCUT2D eigenvalue weighted by Gasteiger charge is 2.25. The molecule has 0 bridgehead atoms. The second kappa shape index (κ2) is 3.50. The molecule has 0 amide bonds. The first-order valence-electron chi connectivity index (χ1n) is 6.38. The van der Waals surface area contributed by atoms with Gasteiger partial charge in [0.1, 0.15) is 0 Å². The van der Waals surface area contributed by atoms with Crippen molar-refractivity contribution >= 4 is 22.5 Å². The van der Waals surface area contributed by atoms with Gasteiger partial charge in [0.05, 0.1) is 10.5 Å². The number of nitrogens with one attached hydrogen (secondary N) is 1. The van der Waals surface area contributed by atoms with Gasteiger partial charge < -0.3 is 9.88 Å². The molecule has 0 saturated carbocycles. The fraction of sp³-hybridized carbons (Fsp3) is 0.429. The third kappa shape index (κ3) is 1.25. The van der Waals surface area contributed by atoms with Crippen LogP contribution in [0.15, 0.2) is 12.1 Å². The summed E-state index contributed by atoms with van der Waals surface area (Å²) in [6.07, 6.45) is 3.42. The highest BCUT2D eigenvalue weighted by Crippen LogP contribution is 2.38. The maximum atomic E-state index is 6.43. The van der Waals surface area contributed by atoms with Crippen molar-refractivity contribution in [2.75, 3.05) is 13.1 Å². The largest absolute Gasteiger partial charge is 0.344 e. The Bertz CT molecular complexity index is 612. The van der Waals surface area contributed by atoms with Crippen LogP contribution in [0.1, 0.15) is 16.8 Å². The minimum Gasteiger partial charge on any atom is -0.344 e. The van der Waals surface area contributed by atoms with E-state index in [2.05, 4.69) is 22.0 Å². The molecule has 3 heteroatoms. The van der Waals surface area contributed by atoms with Gasteiger partial charge in [-0.15, -0.1) is 0 Å². The third-order valence-electron chi connectivity index (χ3n) is 4.15. The van der Waals surface area contributed by atoms with Crippen LogP contribution < -0.4 is 5.32 Å². The van der Waals surface area contributed by atoms with E-state index in [4.69, 9.17) is 11.6 Å². The number of hydrogen-bond donors (Lipinski definition) is 1. The van der Waals surface area contributed by atoms with E-state index in [-0.39, 0.29) is 0 Å². The molecule has 2 nitrogen and oxygen atoms in total. The van der Waals surface area contributed by atoms with Gasteiger partial charge in [-0.1, -0.05) is 17.7 Å². The minimum atomic E-state index is 0.933. The van der Waals surface area contributed by atoms with E-state index in [1.807, 2.05) is 0 Å². The molecule has 0 aliphatic carbocycles. The number of rotatable bonds is 0. The average Bonchev–Trinajstić information content (AvgIpc) is 2.78. The fourth-order valence-corrected chi connectivity index (χ4v) is 3.69. The molecule has 3 heterocycles. The normalized spacial score (nSPS) is 18.4. The summed E-state index contributed by atoms with van der Waals surface area (Å²) in [5.41, 5.74) is 5.92. The highest BCUT2D eigenvalue weighted by atomic mass is 35.5. The van der Waals surface area contributed by atoms with E-state index < -0.39 is 0 Å². The lowest BCUT2D eigenvalue weighted by atomic mass is 10.0. The summed E-state index contributed by atoms with van der Waals surface area (Å²) in [6.45, 7) is 3.31. The van der Waals surface area contributed by atoms with Crippen LogP contribution in [0.4, 0.5) is 0 Å². The lowest BCUT2D eigenvalue weighted by Gasteiger charge is -2.05. The molecular formula is C14H15ClN2. The second-order valence-corrected chi connectivity index (χ2v) is 5.41. The monoisotopic (exact) mass is 246 g/mol. The molecule has 2 aliphatic rings. The van der Waals surface area contributed by atoms with Crippen LogP contribution in [0.2, 0.25) is 5.02 Å². The van der Waals surface area contributed by atoms with Crippen LogP contribution in [0, 0.1) is 0 Å². The Morgan fingerprint density at radius 2 is 2.00 bits per heavy atom. The summed E-state index contributed by atoms with van der Waals surface area (Å²) in [6, 6.07) is 4.28. The number of aryl methyl sites for hydroxylation is 2. The molecule has 0 spiro atoms. The van der Waals surface area contributed by atoms with E-state index in [1.54, 1.807) is 0 Å². The highest BCUT2D eigenvalue weighted by molar-refractivity contribution is 6.36. The Hall–Kier alpha value is -0.990. The average molecular weight is 247 g/mol. The molecule has 1 N–H and O–H groups in total. The third-order valence-corrected chi connectivity index (χ3v) is 4.47. The van der Waals surface area contributed by atoms with Crippen molar-refractivity contribution in [3.05, 3.63) is 34.0 Å². The summed E-state index contributed by atoms with van der Waals surface area (Å²) in [5, 5.41) is 5.74. The first kappa shape index (κ1) is 9.98. The second-order valence-electron chi connectivity index (χ2n) is 5.01. The number of nitrogens with zero attached hydrogens (tertiary/aromatic N) is 1. The van der Waals surface area contributed by atoms with Gasteiger partial charge in [0.15, 0.2) is 0 Å². The Balaban J connectivity index is 2.14. The van der Waals surface area contributed by atoms with Crippen molar-refractivity contribution in [2.24, 2.45) is 0 Å². The van der Waals surface area contributed by atoms with Gasteiger partial charge in [-0.05, 0) is 36.6 Å². The number of fused-ring (bicyclic) bond motifs is 3. The summed E-state index contributed by atoms with van der Waals surface area (Å²) >= 11 is 6.43. The molecule has 1 aromatic heterocycles. The molecule has 0 radical (unpaired) electrons. The zero-order valence-corrected chi connectivity index (χ0v) is 10.5. The standard InChI is InChI=1S/C14H15ClN2/c15-11-2-1-9-5-8-17-12-4-7-16-6-3-10(12)13(11)14(9)17/h1-2,16H,3-8H2. The van der Waals surface area contributed by atoms with Gasteiger partial charge in [0.25, 0.3) is 0 Å². The van der Waals surface area contributed by atoms with Gasteiger partial charge in [0, 0.05) is 30.6 Å². The van der Waals surface area contributed by atoms with Gasteiger partial charge in [-0.3, -0.25) is 0 Å². The van der Waals surface area contributed by atoms with Gasteiger partial charge in [-0.25, -0.2) is 0 Å². The van der Waals surface area contributed by atoms with Gasteiger partial charge in [0.2, 0.25) is 0 Å². The zero-order chi connectivity index (χ0) is 11.4. The number of aromatic nitrogens is 1. The SMILES string of the molecule is Clc1ccc2c3c1c1c(n3CC2)CCNCC1. The molecule has 17 heavy (non-hydrogen) atoms. The Labute approximate surface area is 106 Å². The predicted octanol–water partition coefficient (Wildman–Crippen LogP) is 2.54. The molecule has 0 saturated heterocycles. The molecule has 4 rings (SSSR count). The summed E-state index contributed by atoms with van der Waals surface area (Å²) in [5.74, 6) is 0. The van der Waals surface area contributed by atoms with Crippen LogP contribution in [0.5, 0.6) is 0 Å². The number of hydrogen-bond acceptors (Lipinski definition) is 1. The molecule has 88 valence electrons.